The van der Waals surface area contributed by atoms with Crippen LogP contribution in [0.1, 0.15) is 13.8 Å². The molecule has 5 heteroatoms. The molecule has 0 aromatic heterocycles. The summed E-state index contributed by atoms with van der Waals surface area (Å²) in [5.41, 5.74) is 0. The number of ether oxygens (including phenoxy) is 3. The molecule has 1 aliphatic heterocycles. The number of fused-ring (bicyclic) bond motifs is 1. The Morgan fingerprint density at radius 3 is 3.00 bits per heavy atom. The van der Waals surface area contributed by atoms with Crippen LogP contribution in [0.25, 0.3) is 0 Å². The lowest BCUT2D eigenvalue weighted by molar-refractivity contribution is -0.0438. The SMILES string of the molecule is C=CCNC(=O)Oc1cccc2c1OC(C)(C)O2. The van der Waals surface area contributed by atoms with Gasteiger partial charge in [0.2, 0.25) is 11.5 Å². The first-order valence-electron chi connectivity index (χ1n) is 5.59. The molecule has 1 aromatic carbocycles. The van der Waals surface area contributed by atoms with Crippen molar-refractivity contribution in [3.8, 4) is 17.2 Å². The van der Waals surface area contributed by atoms with Crippen molar-refractivity contribution in [3.63, 3.8) is 0 Å². The Labute approximate surface area is 105 Å². The quantitative estimate of drug-likeness (QED) is 0.836. The van der Waals surface area contributed by atoms with Gasteiger partial charge in [0.15, 0.2) is 11.5 Å². The molecule has 0 spiro atoms. The minimum absolute atomic E-state index is 0.333. The Kier molecular flexibility index (Phi) is 3.14. The second-order valence-electron chi connectivity index (χ2n) is 4.25. The largest absolute Gasteiger partial charge is 0.449 e. The van der Waals surface area contributed by atoms with Crippen LogP contribution in [-0.2, 0) is 0 Å². The smallest absolute Gasteiger partial charge is 0.412 e. The van der Waals surface area contributed by atoms with Crippen LogP contribution in [0.3, 0.4) is 0 Å². The van der Waals surface area contributed by atoms with E-state index in [1.165, 1.54) is 0 Å². The van der Waals surface area contributed by atoms with Crippen molar-refractivity contribution in [3.05, 3.63) is 30.9 Å². The summed E-state index contributed by atoms with van der Waals surface area (Å²) < 4.78 is 16.3. The average Bonchev–Trinajstić information content (AvgIpc) is 2.62. The van der Waals surface area contributed by atoms with Crippen LogP contribution in [0, 0.1) is 0 Å². The topological polar surface area (TPSA) is 56.8 Å². The van der Waals surface area contributed by atoms with Crippen molar-refractivity contribution in [2.75, 3.05) is 6.54 Å². The monoisotopic (exact) mass is 249 g/mol. The molecule has 2 rings (SSSR count). The predicted octanol–water partition coefficient (Wildman–Crippen LogP) is 2.47. The molecule has 0 saturated heterocycles. The zero-order valence-corrected chi connectivity index (χ0v) is 10.4. The van der Waals surface area contributed by atoms with Crippen molar-refractivity contribution in [2.45, 2.75) is 19.6 Å². The van der Waals surface area contributed by atoms with Crippen molar-refractivity contribution in [1.29, 1.82) is 0 Å². The highest BCUT2D eigenvalue weighted by atomic mass is 16.7. The fourth-order valence-electron chi connectivity index (χ4n) is 1.58. The van der Waals surface area contributed by atoms with Crippen molar-refractivity contribution >= 4 is 6.09 Å². The highest BCUT2D eigenvalue weighted by Gasteiger charge is 2.34. The molecule has 0 radical (unpaired) electrons. The van der Waals surface area contributed by atoms with E-state index < -0.39 is 11.9 Å². The molecule has 0 bridgehead atoms. The molecule has 0 fully saturated rings. The maximum atomic E-state index is 11.5. The summed E-state index contributed by atoms with van der Waals surface area (Å²) in [5.74, 6) is 0.587. The third-order valence-corrected chi connectivity index (χ3v) is 2.24. The summed E-state index contributed by atoms with van der Waals surface area (Å²) >= 11 is 0. The molecule has 0 saturated carbocycles. The van der Waals surface area contributed by atoms with E-state index in [-0.39, 0.29) is 0 Å². The molecule has 1 heterocycles. The zero-order valence-electron chi connectivity index (χ0n) is 10.4. The van der Waals surface area contributed by atoms with Gasteiger partial charge in [-0.15, -0.1) is 6.58 Å². The summed E-state index contributed by atoms with van der Waals surface area (Å²) in [6.07, 6.45) is 1.01. The number of benzene rings is 1. The maximum absolute atomic E-state index is 11.5. The van der Waals surface area contributed by atoms with Gasteiger partial charge in [0.05, 0.1) is 0 Å². The zero-order chi connectivity index (χ0) is 13.2. The standard InChI is InChI=1S/C13H15NO4/c1-4-8-14-12(15)16-9-6-5-7-10-11(9)18-13(2,3)17-10/h4-7H,1,8H2,2-3H3,(H,14,15). The molecule has 0 aliphatic carbocycles. The number of amides is 1. The van der Waals surface area contributed by atoms with E-state index in [0.717, 1.165) is 0 Å². The number of hydrogen-bond donors (Lipinski definition) is 1. The van der Waals surface area contributed by atoms with Crippen LogP contribution in [0.4, 0.5) is 4.79 Å². The Morgan fingerprint density at radius 2 is 2.28 bits per heavy atom. The van der Waals surface area contributed by atoms with E-state index >= 15 is 0 Å². The number of carbonyl (C=O) groups is 1. The minimum Gasteiger partial charge on any atom is -0.449 e. The van der Waals surface area contributed by atoms with E-state index in [0.29, 0.717) is 23.8 Å². The van der Waals surface area contributed by atoms with Gasteiger partial charge in [-0.3, -0.25) is 0 Å². The van der Waals surface area contributed by atoms with Gasteiger partial charge in [-0.25, -0.2) is 4.79 Å². The normalized spacial score (nSPS) is 15.0. The molecule has 1 amide bonds. The fraction of sp³-hybridized carbons (Fsp3) is 0.308. The van der Waals surface area contributed by atoms with E-state index in [2.05, 4.69) is 11.9 Å². The highest BCUT2D eigenvalue weighted by Crippen LogP contribution is 2.45. The van der Waals surface area contributed by atoms with Crippen molar-refractivity contribution in [1.82, 2.24) is 5.32 Å². The summed E-state index contributed by atoms with van der Waals surface area (Å²) in [4.78, 5) is 11.5. The number of hydrogen-bond acceptors (Lipinski definition) is 4. The molecular formula is C13H15NO4. The van der Waals surface area contributed by atoms with Gasteiger partial charge < -0.3 is 19.5 Å². The molecule has 0 atom stereocenters. The lowest BCUT2D eigenvalue weighted by Gasteiger charge is -2.16. The number of para-hydroxylation sites is 1. The van der Waals surface area contributed by atoms with E-state index in [1.54, 1.807) is 38.1 Å². The van der Waals surface area contributed by atoms with Crippen LogP contribution in [-0.4, -0.2) is 18.4 Å². The first-order valence-corrected chi connectivity index (χ1v) is 5.59. The number of rotatable bonds is 3. The van der Waals surface area contributed by atoms with Crippen molar-refractivity contribution in [2.24, 2.45) is 0 Å². The van der Waals surface area contributed by atoms with Crippen LogP contribution in [0.5, 0.6) is 17.2 Å². The Bertz CT molecular complexity index is 482. The predicted molar refractivity (Wildman–Crippen MR) is 66.0 cm³/mol. The first kappa shape index (κ1) is 12.3. The van der Waals surface area contributed by atoms with Gasteiger partial charge >= 0.3 is 6.09 Å². The molecule has 0 unspecified atom stereocenters. The van der Waals surface area contributed by atoms with E-state index in [4.69, 9.17) is 14.2 Å². The summed E-state index contributed by atoms with van der Waals surface area (Å²) in [6.45, 7) is 7.42. The van der Waals surface area contributed by atoms with Crippen molar-refractivity contribution < 1.29 is 19.0 Å². The molecule has 1 N–H and O–H groups in total. The van der Waals surface area contributed by atoms with Gasteiger partial charge in [-0.2, -0.15) is 0 Å². The van der Waals surface area contributed by atoms with Crippen LogP contribution < -0.4 is 19.5 Å². The van der Waals surface area contributed by atoms with Gasteiger partial charge in [-0.1, -0.05) is 12.1 Å². The second kappa shape index (κ2) is 4.60. The van der Waals surface area contributed by atoms with Gasteiger partial charge in [0, 0.05) is 20.4 Å². The van der Waals surface area contributed by atoms with Crippen LogP contribution in [0.15, 0.2) is 30.9 Å². The third-order valence-electron chi connectivity index (χ3n) is 2.24. The molecular weight excluding hydrogens is 234 g/mol. The fourth-order valence-corrected chi connectivity index (χ4v) is 1.58. The summed E-state index contributed by atoms with van der Waals surface area (Å²) in [7, 11) is 0. The Hall–Kier alpha value is -2.17. The van der Waals surface area contributed by atoms with Gasteiger partial charge in [0.25, 0.3) is 0 Å². The van der Waals surface area contributed by atoms with Crippen LogP contribution in [0.2, 0.25) is 0 Å². The van der Waals surface area contributed by atoms with E-state index in [1.807, 2.05) is 0 Å². The molecule has 1 aliphatic rings. The number of nitrogens with one attached hydrogen (secondary N) is 1. The Morgan fingerprint density at radius 1 is 1.50 bits per heavy atom. The molecule has 5 nitrogen and oxygen atoms in total. The lowest BCUT2D eigenvalue weighted by Crippen LogP contribution is -2.30. The van der Waals surface area contributed by atoms with Crippen LogP contribution >= 0.6 is 0 Å². The maximum Gasteiger partial charge on any atom is 0.412 e. The lowest BCUT2D eigenvalue weighted by atomic mass is 10.3. The third kappa shape index (κ3) is 2.56. The van der Waals surface area contributed by atoms with Gasteiger partial charge in [-0.05, 0) is 12.1 Å². The Balaban J connectivity index is 2.14. The minimum atomic E-state index is -0.751. The van der Waals surface area contributed by atoms with Gasteiger partial charge in [0.1, 0.15) is 0 Å². The molecule has 96 valence electrons. The summed E-state index contributed by atoms with van der Waals surface area (Å²) in [5, 5.41) is 2.52. The average molecular weight is 249 g/mol. The summed E-state index contributed by atoms with van der Waals surface area (Å²) in [6, 6.07) is 5.15. The molecule has 18 heavy (non-hydrogen) atoms. The highest BCUT2D eigenvalue weighted by molar-refractivity contribution is 5.72. The number of carbonyl (C=O) groups excluding carboxylic acids is 1. The molecule has 1 aromatic rings. The van der Waals surface area contributed by atoms with E-state index in [9.17, 15) is 4.79 Å². The first-order chi connectivity index (χ1) is 8.52. The second-order valence-corrected chi connectivity index (χ2v) is 4.25.